The Morgan fingerprint density at radius 3 is 2.57 bits per heavy atom. The largest absolute Gasteiger partial charge is 0.306 e. The number of hydrogen-bond acceptors (Lipinski definition) is 1. The van der Waals surface area contributed by atoms with Gasteiger partial charge in [-0.25, -0.2) is 0 Å². The van der Waals surface area contributed by atoms with Crippen molar-refractivity contribution < 1.29 is 0 Å². The third-order valence-corrected chi connectivity index (χ3v) is 1.42. The third-order valence-electron chi connectivity index (χ3n) is 1.42. The number of rotatable bonds is 0. The molecular weight excluding hydrogens is 86.1 g/mol. The highest BCUT2D eigenvalue weighted by Gasteiger charge is 2.13. The molecule has 0 aromatic heterocycles. The Bertz CT molecular complexity index is 53.2. The predicted molar refractivity (Wildman–Crippen MR) is 31.0 cm³/mol. The van der Waals surface area contributed by atoms with Crippen LogP contribution in [0.15, 0.2) is 0 Å². The molecule has 1 aliphatic rings. The van der Waals surface area contributed by atoms with Crippen LogP contribution in [0.1, 0.15) is 6.92 Å². The second-order valence-corrected chi connectivity index (χ2v) is 2.43. The average molecular weight is 98.2 g/mol. The number of nitrogens with zero attached hydrogens (tertiary/aromatic N) is 1. The minimum Gasteiger partial charge on any atom is -0.306 e. The summed E-state index contributed by atoms with van der Waals surface area (Å²) in [5.41, 5.74) is 0. The van der Waals surface area contributed by atoms with Crippen LogP contribution in [0.3, 0.4) is 0 Å². The summed E-state index contributed by atoms with van der Waals surface area (Å²) in [5, 5.41) is 0. The Morgan fingerprint density at radius 2 is 2.43 bits per heavy atom. The van der Waals surface area contributed by atoms with Gasteiger partial charge >= 0.3 is 0 Å². The van der Waals surface area contributed by atoms with Crippen LogP contribution in [-0.4, -0.2) is 25.0 Å². The minimum absolute atomic E-state index is 0.824. The topological polar surface area (TPSA) is 3.24 Å². The molecule has 0 aromatic carbocycles. The lowest BCUT2D eigenvalue weighted by Crippen LogP contribution is -2.12. The Balaban J connectivity index is 2.26. The van der Waals surface area contributed by atoms with Gasteiger partial charge in [0.1, 0.15) is 0 Å². The maximum absolute atomic E-state index is 2.35. The van der Waals surface area contributed by atoms with Crippen molar-refractivity contribution in [3.05, 3.63) is 6.42 Å². The minimum atomic E-state index is 0.824. The van der Waals surface area contributed by atoms with Crippen molar-refractivity contribution in [2.45, 2.75) is 6.92 Å². The first-order chi connectivity index (χ1) is 3.29. The highest BCUT2D eigenvalue weighted by Crippen LogP contribution is 2.10. The Hall–Kier alpha value is -0.0400. The van der Waals surface area contributed by atoms with Gasteiger partial charge in [-0.2, -0.15) is 0 Å². The van der Waals surface area contributed by atoms with E-state index in [0.29, 0.717) is 0 Å². The first-order valence-corrected chi connectivity index (χ1v) is 2.81. The summed E-state index contributed by atoms with van der Waals surface area (Å²) in [5.74, 6) is 0.824. The van der Waals surface area contributed by atoms with Gasteiger partial charge in [0.05, 0.1) is 0 Å². The van der Waals surface area contributed by atoms with Gasteiger partial charge in [0.2, 0.25) is 0 Å². The van der Waals surface area contributed by atoms with E-state index >= 15 is 0 Å². The highest BCUT2D eigenvalue weighted by atomic mass is 15.1. The lowest BCUT2D eigenvalue weighted by molar-refractivity contribution is 0.402. The van der Waals surface area contributed by atoms with Crippen molar-refractivity contribution in [1.29, 1.82) is 0 Å². The van der Waals surface area contributed by atoms with E-state index in [4.69, 9.17) is 0 Å². The van der Waals surface area contributed by atoms with Crippen molar-refractivity contribution >= 4 is 0 Å². The summed E-state index contributed by atoms with van der Waals surface area (Å²) in [6.07, 6.45) is 2.35. The van der Waals surface area contributed by atoms with Gasteiger partial charge < -0.3 is 4.90 Å². The summed E-state index contributed by atoms with van der Waals surface area (Å²) in [7, 11) is 2.15. The molecule has 0 aliphatic carbocycles. The fraction of sp³-hybridized carbons (Fsp3) is 0.833. The summed E-state index contributed by atoms with van der Waals surface area (Å²) >= 11 is 0. The molecule has 0 bridgehead atoms. The molecule has 1 radical (unpaired) electrons. The van der Waals surface area contributed by atoms with Gasteiger partial charge in [-0.1, -0.05) is 6.92 Å². The van der Waals surface area contributed by atoms with Crippen LogP contribution in [0.2, 0.25) is 0 Å². The van der Waals surface area contributed by atoms with Gasteiger partial charge in [0.15, 0.2) is 0 Å². The van der Waals surface area contributed by atoms with E-state index in [1.807, 2.05) is 0 Å². The summed E-state index contributed by atoms with van der Waals surface area (Å²) in [6.45, 7) is 4.69. The molecule has 1 heteroatoms. The molecule has 1 aliphatic heterocycles. The Morgan fingerprint density at radius 1 is 1.71 bits per heavy atom. The lowest BCUT2D eigenvalue weighted by atomic mass is 10.2. The van der Waals surface area contributed by atoms with Crippen molar-refractivity contribution in [3.63, 3.8) is 0 Å². The molecule has 41 valence electrons. The van der Waals surface area contributed by atoms with Crippen molar-refractivity contribution in [2.75, 3.05) is 20.1 Å². The fourth-order valence-electron chi connectivity index (χ4n) is 1.00. The van der Waals surface area contributed by atoms with E-state index < -0.39 is 0 Å². The average Bonchev–Trinajstić information content (AvgIpc) is 1.87. The van der Waals surface area contributed by atoms with Crippen LogP contribution in [0.25, 0.3) is 0 Å². The summed E-state index contributed by atoms with van der Waals surface area (Å²) < 4.78 is 0. The summed E-state index contributed by atoms with van der Waals surface area (Å²) in [6, 6.07) is 0. The van der Waals surface area contributed by atoms with Crippen molar-refractivity contribution in [3.8, 4) is 0 Å². The van der Waals surface area contributed by atoms with Gasteiger partial charge in [-0.3, -0.25) is 0 Å². The summed E-state index contributed by atoms with van der Waals surface area (Å²) in [4.78, 5) is 2.32. The maximum atomic E-state index is 2.35. The van der Waals surface area contributed by atoms with Gasteiger partial charge in [0.25, 0.3) is 0 Å². The zero-order chi connectivity index (χ0) is 5.28. The third kappa shape index (κ3) is 1.16. The molecule has 0 unspecified atom stereocenters. The first-order valence-electron chi connectivity index (χ1n) is 2.81. The molecule has 7 heavy (non-hydrogen) atoms. The first kappa shape index (κ1) is 5.10. The van der Waals surface area contributed by atoms with Crippen LogP contribution in [0.4, 0.5) is 0 Å². The number of likely N-dealkylation sites (tertiary alicyclic amines) is 1. The molecule has 1 heterocycles. The van der Waals surface area contributed by atoms with Gasteiger partial charge in [-0.15, -0.1) is 0 Å². The van der Waals surface area contributed by atoms with Crippen LogP contribution < -0.4 is 0 Å². The maximum Gasteiger partial charge on any atom is 0.00130 e. The molecule has 1 saturated heterocycles. The second-order valence-electron chi connectivity index (χ2n) is 2.43. The molecular formula is C6H12N. The molecule has 1 nitrogen and oxygen atoms in total. The predicted octanol–water partition coefficient (Wildman–Crippen LogP) is 0.772. The van der Waals surface area contributed by atoms with E-state index in [1.165, 1.54) is 13.1 Å². The van der Waals surface area contributed by atoms with Crippen molar-refractivity contribution in [2.24, 2.45) is 5.92 Å². The van der Waals surface area contributed by atoms with Gasteiger partial charge in [-0.05, 0) is 19.4 Å². The van der Waals surface area contributed by atoms with Gasteiger partial charge in [0, 0.05) is 13.1 Å². The van der Waals surface area contributed by atoms with Crippen LogP contribution in [0.5, 0.6) is 0 Å². The molecule has 0 spiro atoms. The standard InChI is InChI=1S/C6H12N/c1-6-3-4-7(2)5-6/h3,6H,4-5H2,1-2H3/t6-/m0/s1. The molecule has 0 saturated carbocycles. The monoisotopic (exact) mass is 98.1 g/mol. The molecule has 0 N–H and O–H groups in total. The van der Waals surface area contributed by atoms with Crippen molar-refractivity contribution in [1.82, 2.24) is 4.90 Å². The Kier molecular flexibility index (Phi) is 1.33. The molecule has 0 amide bonds. The zero-order valence-corrected chi connectivity index (χ0v) is 5.02. The molecule has 0 aromatic rings. The van der Waals surface area contributed by atoms with E-state index in [-0.39, 0.29) is 0 Å². The number of hydrogen-bond donors (Lipinski definition) is 0. The molecule has 1 fully saturated rings. The SMILES string of the molecule is C[C@H]1[CH]CN(C)C1. The quantitative estimate of drug-likeness (QED) is 0.432. The smallest absolute Gasteiger partial charge is 0.00130 e. The Labute approximate surface area is 45.3 Å². The zero-order valence-electron chi connectivity index (χ0n) is 5.02. The lowest BCUT2D eigenvalue weighted by Gasteiger charge is -2.03. The van der Waals surface area contributed by atoms with E-state index in [2.05, 4.69) is 25.3 Å². The van der Waals surface area contributed by atoms with Crippen LogP contribution in [0, 0.1) is 12.3 Å². The van der Waals surface area contributed by atoms with E-state index in [9.17, 15) is 0 Å². The fourth-order valence-corrected chi connectivity index (χ4v) is 1.00. The van der Waals surface area contributed by atoms with Crippen LogP contribution >= 0.6 is 0 Å². The molecule has 1 rings (SSSR count). The van der Waals surface area contributed by atoms with E-state index in [1.54, 1.807) is 0 Å². The van der Waals surface area contributed by atoms with Crippen LogP contribution in [-0.2, 0) is 0 Å². The highest BCUT2D eigenvalue weighted by molar-refractivity contribution is 4.84. The molecule has 1 atom stereocenters. The van der Waals surface area contributed by atoms with E-state index in [0.717, 1.165) is 5.92 Å². The normalized spacial score (nSPS) is 34.3. The second kappa shape index (κ2) is 1.83.